The van der Waals surface area contributed by atoms with Crippen LogP contribution in [0.5, 0.6) is 0 Å². The van der Waals surface area contributed by atoms with Crippen LogP contribution in [0.2, 0.25) is 10.0 Å². The van der Waals surface area contributed by atoms with E-state index in [0.717, 1.165) is 0 Å². The molecule has 24 heavy (non-hydrogen) atoms. The maximum absolute atomic E-state index is 13.4. The van der Waals surface area contributed by atoms with Crippen LogP contribution in [-0.2, 0) is 6.54 Å². The first-order valence-electron chi connectivity index (χ1n) is 7.23. The number of hydrogen-bond donors (Lipinski definition) is 0. The topological polar surface area (TPSA) is 48.0 Å². The Balaban J connectivity index is 2.44. The molecule has 2 aromatic heterocycles. The van der Waals surface area contributed by atoms with E-state index in [1.54, 1.807) is 6.92 Å². The van der Waals surface area contributed by atoms with E-state index >= 15 is 0 Å². The highest BCUT2D eigenvalue weighted by Gasteiger charge is 2.21. The van der Waals surface area contributed by atoms with Crippen LogP contribution >= 0.6 is 23.2 Å². The summed E-state index contributed by atoms with van der Waals surface area (Å²) in [6.07, 6.45) is 1.32. The molecule has 0 aliphatic rings. The molecule has 0 unspecified atom stereocenters. The van der Waals surface area contributed by atoms with Gasteiger partial charge in [-0.15, -0.1) is 0 Å². The van der Waals surface area contributed by atoms with E-state index in [1.807, 2.05) is 6.92 Å². The number of rotatable bonds is 3. The summed E-state index contributed by atoms with van der Waals surface area (Å²) in [5.41, 5.74) is 1.89. The molecular formula is C17H13Cl2FN2O2. The standard InChI is InChI=1S/C17H13Cl2FN2O2/c1-3-22-15(11-5-4-10(20)6-13(11)18)12(7-14(19)17(22)23)16-9(2)21-8-24-16/h4-8H,3H2,1-2H3. The molecule has 0 atom stereocenters. The fourth-order valence-corrected chi connectivity index (χ4v) is 3.11. The quantitative estimate of drug-likeness (QED) is 0.659. The first-order valence-corrected chi connectivity index (χ1v) is 7.98. The largest absolute Gasteiger partial charge is 0.443 e. The Hall–Kier alpha value is -2.11. The van der Waals surface area contributed by atoms with Crippen LogP contribution in [0.4, 0.5) is 4.39 Å². The SMILES string of the molecule is CCn1c(-c2ccc(F)cc2Cl)c(-c2ocnc2C)cc(Cl)c1=O. The van der Waals surface area contributed by atoms with E-state index in [1.165, 1.54) is 35.2 Å². The smallest absolute Gasteiger partial charge is 0.269 e. The summed E-state index contributed by atoms with van der Waals surface area (Å²) in [7, 11) is 0. The van der Waals surface area contributed by atoms with Crippen molar-refractivity contribution in [3.8, 4) is 22.6 Å². The number of aryl methyl sites for hydroxylation is 1. The van der Waals surface area contributed by atoms with Crippen molar-refractivity contribution in [3.63, 3.8) is 0 Å². The lowest BCUT2D eigenvalue weighted by Gasteiger charge is -2.17. The Kier molecular flexibility index (Phi) is 4.47. The molecule has 124 valence electrons. The van der Waals surface area contributed by atoms with Crippen LogP contribution < -0.4 is 5.56 Å². The van der Waals surface area contributed by atoms with Gasteiger partial charge >= 0.3 is 0 Å². The van der Waals surface area contributed by atoms with Gasteiger partial charge < -0.3 is 8.98 Å². The Morgan fingerprint density at radius 3 is 2.54 bits per heavy atom. The van der Waals surface area contributed by atoms with Gasteiger partial charge in [-0.2, -0.15) is 0 Å². The maximum Gasteiger partial charge on any atom is 0.269 e. The van der Waals surface area contributed by atoms with Gasteiger partial charge in [-0.25, -0.2) is 9.37 Å². The normalized spacial score (nSPS) is 11.0. The molecule has 1 aromatic carbocycles. The molecule has 4 nitrogen and oxygen atoms in total. The van der Waals surface area contributed by atoms with Gasteiger partial charge in [0.25, 0.3) is 5.56 Å². The van der Waals surface area contributed by atoms with Gasteiger partial charge in [-0.3, -0.25) is 4.79 Å². The van der Waals surface area contributed by atoms with Crippen LogP contribution in [0.15, 0.2) is 39.9 Å². The van der Waals surface area contributed by atoms with Gasteiger partial charge in [0, 0.05) is 17.7 Å². The third-order valence-electron chi connectivity index (χ3n) is 3.74. The highest BCUT2D eigenvalue weighted by Crippen LogP contribution is 2.37. The molecule has 0 saturated carbocycles. The van der Waals surface area contributed by atoms with E-state index in [2.05, 4.69) is 4.98 Å². The molecule has 0 amide bonds. The highest BCUT2D eigenvalue weighted by atomic mass is 35.5. The second kappa shape index (κ2) is 6.42. The molecule has 3 aromatic rings. The van der Waals surface area contributed by atoms with Crippen LogP contribution in [0, 0.1) is 12.7 Å². The summed E-state index contributed by atoms with van der Waals surface area (Å²) in [4.78, 5) is 16.5. The Bertz CT molecular complexity index is 979. The summed E-state index contributed by atoms with van der Waals surface area (Å²) in [6.45, 7) is 3.96. The lowest BCUT2D eigenvalue weighted by molar-refractivity contribution is 0.570. The number of hydrogen-bond acceptors (Lipinski definition) is 3. The predicted molar refractivity (Wildman–Crippen MR) is 92.0 cm³/mol. The first-order chi connectivity index (χ1) is 11.4. The number of nitrogens with zero attached hydrogens (tertiary/aromatic N) is 2. The van der Waals surface area contributed by atoms with Gasteiger partial charge in [0.2, 0.25) is 0 Å². The fourth-order valence-electron chi connectivity index (χ4n) is 2.64. The number of benzene rings is 1. The zero-order valence-electron chi connectivity index (χ0n) is 12.9. The summed E-state index contributed by atoms with van der Waals surface area (Å²) in [5.74, 6) is 0.0231. The maximum atomic E-state index is 13.4. The number of halogens is 3. The minimum atomic E-state index is -0.458. The lowest BCUT2D eigenvalue weighted by atomic mass is 10.0. The Morgan fingerprint density at radius 1 is 1.21 bits per heavy atom. The van der Waals surface area contributed by atoms with E-state index in [-0.39, 0.29) is 15.6 Å². The summed E-state index contributed by atoms with van der Waals surface area (Å²) in [6, 6.07) is 5.55. The molecule has 0 radical (unpaired) electrons. The zero-order valence-corrected chi connectivity index (χ0v) is 14.5. The van der Waals surface area contributed by atoms with Gasteiger partial charge in [0.05, 0.1) is 16.4 Å². The summed E-state index contributed by atoms with van der Waals surface area (Å²) in [5, 5.41) is 0.252. The molecule has 7 heteroatoms. The van der Waals surface area contributed by atoms with Crippen molar-refractivity contribution in [2.45, 2.75) is 20.4 Å². The molecule has 0 spiro atoms. The van der Waals surface area contributed by atoms with E-state index in [4.69, 9.17) is 27.6 Å². The van der Waals surface area contributed by atoms with Crippen molar-refractivity contribution in [2.24, 2.45) is 0 Å². The van der Waals surface area contributed by atoms with E-state index in [0.29, 0.717) is 34.8 Å². The van der Waals surface area contributed by atoms with Crippen LogP contribution in [0.3, 0.4) is 0 Å². The van der Waals surface area contributed by atoms with Gasteiger partial charge in [0.1, 0.15) is 10.8 Å². The van der Waals surface area contributed by atoms with Crippen LogP contribution in [0.25, 0.3) is 22.6 Å². The van der Waals surface area contributed by atoms with Crippen molar-refractivity contribution < 1.29 is 8.81 Å². The molecule has 2 heterocycles. The van der Waals surface area contributed by atoms with Crippen LogP contribution in [0.1, 0.15) is 12.6 Å². The molecule has 0 aliphatic carbocycles. The fraction of sp³-hybridized carbons (Fsp3) is 0.176. The second-order valence-electron chi connectivity index (χ2n) is 5.20. The molecule has 0 fully saturated rings. The number of aromatic nitrogens is 2. The molecule has 0 saturated heterocycles. The third kappa shape index (κ3) is 2.74. The van der Waals surface area contributed by atoms with Crippen molar-refractivity contribution in [2.75, 3.05) is 0 Å². The summed E-state index contributed by atoms with van der Waals surface area (Å²) < 4.78 is 20.4. The van der Waals surface area contributed by atoms with E-state index < -0.39 is 5.82 Å². The monoisotopic (exact) mass is 366 g/mol. The average molecular weight is 367 g/mol. The van der Waals surface area contributed by atoms with Crippen molar-refractivity contribution in [1.29, 1.82) is 0 Å². The molecule has 0 aliphatic heterocycles. The predicted octanol–water partition coefficient (Wildman–Crippen LogP) is 4.94. The number of pyridine rings is 1. The average Bonchev–Trinajstić information content (AvgIpc) is 2.96. The Morgan fingerprint density at radius 2 is 1.96 bits per heavy atom. The van der Waals surface area contributed by atoms with E-state index in [9.17, 15) is 9.18 Å². The molecule has 0 bridgehead atoms. The van der Waals surface area contributed by atoms with Crippen molar-refractivity contribution >= 4 is 23.2 Å². The molecular weight excluding hydrogens is 354 g/mol. The van der Waals surface area contributed by atoms with Crippen molar-refractivity contribution in [1.82, 2.24) is 9.55 Å². The molecule has 3 rings (SSSR count). The summed E-state index contributed by atoms with van der Waals surface area (Å²) >= 11 is 12.3. The van der Waals surface area contributed by atoms with Gasteiger partial charge in [-0.05, 0) is 38.1 Å². The first kappa shape index (κ1) is 16.7. The second-order valence-corrected chi connectivity index (χ2v) is 6.01. The number of oxazole rings is 1. The van der Waals surface area contributed by atoms with Crippen LogP contribution in [-0.4, -0.2) is 9.55 Å². The van der Waals surface area contributed by atoms with Crippen molar-refractivity contribution in [3.05, 3.63) is 62.6 Å². The third-order valence-corrected chi connectivity index (χ3v) is 4.32. The zero-order chi connectivity index (χ0) is 17.4. The minimum Gasteiger partial charge on any atom is -0.443 e. The van der Waals surface area contributed by atoms with Gasteiger partial charge in [0.15, 0.2) is 12.2 Å². The highest BCUT2D eigenvalue weighted by molar-refractivity contribution is 6.33. The van der Waals surface area contributed by atoms with Gasteiger partial charge in [-0.1, -0.05) is 23.2 Å². The molecule has 0 N–H and O–H groups in total. The Labute approximate surface area is 147 Å². The lowest BCUT2D eigenvalue weighted by Crippen LogP contribution is -2.22. The minimum absolute atomic E-state index is 0.0598.